The van der Waals surface area contributed by atoms with E-state index in [1.807, 2.05) is 0 Å². The van der Waals surface area contributed by atoms with E-state index < -0.39 is 0 Å². The zero-order chi connectivity index (χ0) is 16.9. The Morgan fingerprint density at radius 3 is 2.30 bits per heavy atom. The first-order chi connectivity index (χ1) is 10.9. The lowest BCUT2D eigenvalue weighted by atomic mass is 10.1. The molecule has 0 aliphatic carbocycles. The number of nitrogens with zero attached hydrogens (tertiary/aromatic N) is 2. The topological polar surface area (TPSA) is 35.6 Å². The van der Waals surface area contributed by atoms with E-state index in [1.54, 1.807) is 24.3 Å². The van der Waals surface area contributed by atoms with Crippen LogP contribution in [0.25, 0.3) is 0 Å². The summed E-state index contributed by atoms with van der Waals surface area (Å²) < 4.78 is 0. The number of carbonyl (C=O) groups is 1. The monoisotopic (exact) mass is 313 g/mol. The van der Waals surface area contributed by atoms with Crippen LogP contribution in [0.3, 0.4) is 0 Å². The smallest absolute Gasteiger partial charge is 0.251 e. The summed E-state index contributed by atoms with van der Waals surface area (Å²) in [6.45, 7) is 12.6. The van der Waals surface area contributed by atoms with Gasteiger partial charge in [-0.1, -0.05) is 5.92 Å². The lowest BCUT2D eigenvalue weighted by molar-refractivity contribution is 0.0623. The number of terminal acetylenes is 1. The van der Waals surface area contributed by atoms with Crippen LogP contribution in [0.2, 0.25) is 0 Å². The van der Waals surface area contributed by atoms with Crippen LogP contribution in [-0.4, -0.2) is 60.5 Å². The van der Waals surface area contributed by atoms with E-state index in [4.69, 9.17) is 6.42 Å². The molecule has 0 saturated carbocycles. The molecule has 0 bridgehead atoms. The van der Waals surface area contributed by atoms with Gasteiger partial charge in [-0.25, -0.2) is 0 Å². The number of amides is 1. The predicted molar refractivity (Wildman–Crippen MR) is 94.5 cm³/mol. The molecular weight excluding hydrogens is 286 g/mol. The summed E-state index contributed by atoms with van der Waals surface area (Å²) in [5, 5.41) is 2.98. The van der Waals surface area contributed by atoms with E-state index >= 15 is 0 Å². The van der Waals surface area contributed by atoms with Crippen molar-refractivity contribution in [1.82, 2.24) is 15.1 Å². The molecule has 1 fully saturated rings. The summed E-state index contributed by atoms with van der Waals surface area (Å²) in [4.78, 5) is 17.0. The Labute approximate surface area is 139 Å². The summed E-state index contributed by atoms with van der Waals surface area (Å²) in [7, 11) is 0. The van der Waals surface area contributed by atoms with Gasteiger partial charge >= 0.3 is 0 Å². The second kappa shape index (κ2) is 7.63. The Bertz CT molecular complexity index is 558. The normalized spacial score (nSPS) is 16.8. The third-order valence-electron chi connectivity index (χ3n) is 4.35. The second-order valence-corrected chi connectivity index (χ2v) is 6.98. The minimum atomic E-state index is -0.0399. The standard InChI is InChI=1S/C19H27N3O/c1-5-16-6-8-17(9-7-16)18(23)20-10-11-21-12-14-22(15-13-21)19(2,3)4/h1,6-9H,10-15H2,2-4H3,(H,20,23). The third kappa shape index (κ3) is 5.09. The van der Waals surface area contributed by atoms with Crippen molar-refractivity contribution in [2.45, 2.75) is 26.3 Å². The van der Waals surface area contributed by atoms with E-state index in [-0.39, 0.29) is 11.4 Å². The molecule has 0 spiro atoms. The first-order valence-corrected chi connectivity index (χ1v) is 8.22. The fraction of sp³-hybridized carbons (Fsp3) is 0.526. The Hall–Kier alpha value is -1.83. The quantitative estimate of drug-likeness (QED) is 0.861. The molecule has 124 valence electrons. The summed E-state index contributed by atoms with van der Waals surface area (Å²) in [5.74, 6) is 2.51. The van der Waals surface area contributed by atoms with Crippen LogP contribution in [0.4, 0.5) is 0 Å². The number of piperazine rings is 1. The van der Waals surface area contributed by atoms with Crippen LogP contribution in [0, 0.1) is 12.3 Å². The Morgan fingerprint density at radius 2 is 1.78 bits per heavy atom. The van der Waals surface area contributed by atoms with Crippen molar-refractivity contribution in [1.29, 1.82) is 0 Å². The fourth-order valence-electron chi connectivity index (χ4n) is 2.79. The molecule has 1 amide bonds. The van der Waals surface area contributed by atoms with Gasteiger partial charge in [0.1, 0.15) is 0 Å². The molecule has 1 saturated heterocycles. The molecule has 23 heavy (non-hydrogen) atoms. The lowest BCUT2D eigenvalue weighted by Crippen LogP contribution is -2.54. The highest BCUT2D eigenvalue weighted by atomic mass is 16.1. The first-order valence-electron chi connectivity index (χ1n) is 8.22. The molecule has 4 heteroatoms. The molecule has 4 nitrogen and oxygen atoms in total. The first kappa shape index (κ1) is 17.5. The molecule has 2 rings (SSSR count). The van der Waals surface area contributed by atoms with Crippen molar-refractivity contribution < 1.29 is 4.79 Å². The molecule has 1 aliphatic rings. The minimum absolute atomic E-state index is 0.0399. The van der Waals surface area contributed by atoms with E-state index in [0.717, 1.165) is 38.3 Å². The number of hydrogen-bond donors (Lipinski definition) is 1. The molecule has 1 aromatic rings. The van der Waals surface area contributed by atoms with Crippen LogP contribution in [0.1, 0.15) is 36.7 Å². The van der Waals surface area contributed by atoms with Crippen molar-refractivity contribution in [3.8, 4) is 12.3 Å². The van der Waals surface area contributed by atoms with Gasteiger partial charge in [0.25, 0.3) is 5.91 Å². The highest BCUT2D eigenvalue weighted by Crippen LogP contribution is 2.15. The molecule has 0 atom stereocenters. The maximum Gasteiger partial charge on any atom is 0.251 e. The largest absolute Gasteiger partial charge is 0.351 e. The SMILES string of the molecule is C#Cc1ccc(C(=O)NCCN2CCN(C(C)(C)C)CC2)cc1. The molecule has 0 radical (unpaired) electrons. The van der Waals surface area contributed by atoms with Crippen LogP contribution < -0.4 is 5.32 Å². The summed E-state index contributed by atoms with van der Waals surface area (Å²) in [6, 6.07) is 7.13. The van der Waals surface area contributed by atoms with Crippen LogP contribution in [0.5, 0.6) is 0 Å². The van der Waals surface area contributed by atoms with Crippen LogP contribution >= 0.6 is 0 Å². The van der Waals surface area contributed by atoms with Gasteiger partial charge in [0.15, 0.2) is 0 Å². The maximum absolute atomic E-state index is 12.1. The zero-order valence-electron chi connectivity index (χ0n) is 14.4. The number of carbonyl (C=O) groups excluding carboxylic acids is 1. The fourth-order valence-corrected chi connectivity index (χ4v) is 2.79. The van der Waals surface area contributed by atoms with Gasteiger partial charge in [-0.05, 0) is 45.0 Å². The highest BCUT2D eigenvalue weighted by molar-refractivity contribution is 5.94. The van der Waals surface area contributed by atoms with Crippen molar-refractivity contribution in [2.24, 2.45) is 0 Å². The van der Waals surface area contributed by atoms with Crippen molar-refractivity contribution in [2.75, 3.05) is 39.3 Å². The Balaban J connectivity index is 1.71. The van der Waals surface area contributed by atoms with E-state index in [9.17, 15) is 4.79 Å². The Morgan fingerprint density at radius 1 is 1.17 bits per heavy atom. The summed E-state index contributed by atoms with van der Waals surface area (Å²) in [6.07, 6.45) is 5.32. The van der Waals surface area contributed by atoms with Crippen LogP contribution in [-0.2, 0) is 0 Å². The van der Waals surface area contributed by atoms with Gasteiger partial charge in [0.05, 0.1) is 0 Å². The molecule has 1 aliphatic heterocycles. The van der Waals surface area contributed by atoms with Gasteiger partial charge in [0, 0.05) is 55.9 Å². The minimum Gasteiger partial charge on any atom is -0.351 e. The lowest BCUT2D eigenvalue weighted by Gasteiger charge is -2.42. The van der Waals surface area contributed by atoms with E-state index in [2.05, 4.69) is 41.8 Å². The summed E-state index contributed by atoms with van der Waals surface area (Å²) in [5.41, 5.74) is 1.69. The molecule has 1 N–H and O–H groups in total. The second-order valence-electron chi connectivity index (χ2n) is 6.98. The summed E-state index contributed by atoms with van der Waals surface area (Å²) >= 11 is 0. The zero-order valence-corrected chi connectivity index (χ0v) is 14.4. The number of benzene rings is 1. The molecule has 1 heterocycles. The average Bonchev–Trinajstić information content (AvgIpc) is 2.54. The van der Waals surface area contributed by atoms with E-state index in [0.29, 0.717) is 12.1 Å². The molecule has 1 aromatic carbocycles. The highest BCUT2D eigenvalue weighted by Gasteiger charge is 2.25. The molecule has 0 aromatic heterocycles. The number of rotatable bonds is 4. The van der Waals surface area contributed by atoms with Crippen molar-refractivity contribution in [3.05, 3.63) is 35.4 Å². The number of nitrogens with one attached hydrogen (secondary N) is 1. The third-order valence-corrected chi connectivity index (χ3v) is 4.35. The van der Waals surface area contributed by atoms with Gasteiger partial charge < -0.3 is 5.32 Å². The predicted octanol–water partition coefficient (Wildman–Crippen LogP) is 1.81. The number of hydrogen-bond acceptors (Lipinski definition) is 3. The van der Waals surface area contributed by atoms with E-state index in [1.165, 1.54) is 0 Å². The molecular formula is C19H27N3O. The van der Waals surface area contributed by atoms with Gasteiger partial charge in [-0.15, -0.1) is 6.42 Å². The van der Waals surface area contributed by atoms with Crippen LogP contribution in [0.15, 0.2) is 24.3 Å². The van der Waals surface area contributed by atoms with Crippen molar-refractivity contribution >= 4 is 5.91 Å². The van der Waals surface area contributed by atoms with Gasteiger partial charge in [-0.3, -0.25) is 14.6 Å². The van der Waals surface area contributed by atoms with Gasteiger partial charge in [-0.2, -0.15) is 0 Å². The maximum atomic E-state index is 12.1. The Kier molecular flexibility index (Phi) is 5.81. The van der Waals surface area contributed by atoms with Crippen molar-refractivity contribution in [3.63, 3.8) is 0 Å². The molecule has 0 unspecified atom stereocenters. The average molecular weight is 313 g/mol. The van der Waals surface area contributed by atoms with Gasteiger partial charge in [0.2, 0.25) is 0 Å².